The Hall–Kier alpha value is -1.26. The van der Waals surface area contributed by atoms with Crippen molar-refractivity contribution in [2.45, 2.75) is 32.2 Å². The van der Waals surface area contributed by atoms with E-state index < -0.39 is 0 Å². The predicted octanol–water partition coefficient (Wildman–Crippen LogP) is 2.86. The van der Waals surface area contributed by atoms with Crippen LogP contribution in [0.3, 0.4) is 0 Å². The van der Waals surface area contributed by atoms with Crippen LogP contribution in [0, 0.1) is 5.41 Å². The number of halogens is 1. The quantitative estimate of drug-likeness (QED) is 0.756. The summed E-state index contributed by atoms with van der Waals surface area (Å²) in [7, 11) is 0. The fourth-order valence-corrected chi connectivity index (χ4v) is 2.39. The molecule has 1 atom stereocenters. The van der Waals surface area contributed by atoms with Gasteiger partial charge in [-0.3, -0.25) is 0 Å². The van der Waals surface area contributed by atoms with Gasteiger partial charge in [0, 0.05) is 17.0 Å². The molecule has 110 valence electrons. The van der Waals surface area contributed by atoms with Crippen LogP contribution in [-0.2, 0) is 0 Å². The second-order valence-electron chi connectivity index (χ2n) is 5.50. The Morgan fingerprint density at radius 3 is 2.80 bits per heavy atom. The third kappa shape index (κ3) is 3.87. The topological polar surface area (TPSA) is 61.4 Å². The number of amides is 2. The first-order chi connectivity index (χ1) is 9.58. The Morgan fingerprint density at radius 1 is 1.50 bits per heavy atom. The lowest BCUT2D eigenvalue weighted by atomic mass is 10.0. The molecule has 0 heterocycles. The van der Waals surface area contributed by atoms with Crippen LogP contribution in [-0.4, -0.2) is 24.3 Å². The predicted molar refractivity (Wildman–Crippen MR) is 79.8 cm³/mol. The fraction of sp³-hybridized carbons (Fsp3) is 0.533. The molecule has 1 aliphatic rings. The summed E-state index contributed by atoms with van der Waals surface area (Å²) < 4.78 is 0. The lowest BCUT2D eigenvalue weighted by molar-refractivity contribution is 0.202. The van der Waals surface area contributed by atoms with E-state index in [2.05, 4.69) is 10.6 Å². The largest absolute Gasteiger partial charge is 0.396 e. The number of benzene rings is 1. The van der Waals surface area contributed by atoms with Gasteiger partial charge in [0.15, 0.2) is 0 Å². The van der Waals surface area contributed by atoms with Crippen molar-refractivity contribution in [1.82, 2.24) is 10.6 Å². The number of carbonyl (C=O) groups excluding carboxylic acids is 1. The summed E-state index contributed by atoms with van der Waals surface area (Å²) in [6.07, 6.45) is 2.75. The number of aliphatic hydroxyl groups excluding tert-OH is 1. The molecule has 0 radical (unpaired) electrons. The highest BCUT2D eigenvalue weighted by Crippen LogP contribution is 2.44. The molecule has 5 heteroatoms. The maximum atomic E-state index is 11.9. The molecule has 20 heavy (non-hydrogen) atoms. The number of aliphatic hydroxyl groups is 1. The molecule has 1 saturated carbocycles. The van der Waals surface area contributed by atoms with Crippen molar-refractivity contribution in [3.8, 4) is 0 Å². The molecule has 1 aromatic carbocycles. The molecule has 1 aromatic rings. The number of hydrogen-bond donors (Lipinski definition) is 3. The number of carbonyl (C=O) groups is 1. The molecule has 4 nitrogen and oxygen atoms in total. The first kappa shape index (κ1) is 15.1. The van der Waals surface area contributed by atoms with E-state index in [1.165, 1.54) is 0 Å². The Kier molecular flexibility index (Phi) is 4.89. The van der Waals surface area contributed by atoms with E-state index in [1.807, 2.05) is 31.2 Å². The van der Waals surface area contributed by atoms with Crippen LogP contribution in [0.4, 0.5) is 4.79 Å². The summed E-state index contributed by atoms with van der Waals surface area (Å²) in [4.78, 5) is 11.9. The van der Waals surface area contributed by atoms with Crippen molar-refractivity contribution in [1.29, 1.82) is 0 Å². The molecule has 2 amide bonds. The Bertz CT molecular complexity index is 475. The minimum Gasteiger partial charge on any atom is -0.396 e. The van der Waals surface area contributed by atoms with Gasteiger partial charge < -0.3 is 15.7 Å². The number of rotatable bonds is 6. The van der Waals surface area contributed by atoms with Crippen molar-refractivity contribution in [2.24, 2.45) is 5.41 Å². The van der Waals surface area contributed by atoms with Gasteiger partial charge in [-0.05, 0) is 37.0 Å². The molecular weight excluding hydrogens is 276 g/mol. The van der Waals surface area contributed by atoms with Crippen molar-refractivity contribution >= 4 is 17.6 Å². The van der Waals surface area contributed by atoms with Gasteiger partial charge in [-0.15, -0.1) is 0 Å². The summed E-state index contributed by atoms with van der Waals surface area (Å²) in [5.74, 6) is 0. The van der Waals surface area contributed by atoms with E-state index in [-0.39, 0.29) is 24.1 Å². The van der Waals surface area contributed by atoms with E-state index in [0.717, 1.165) is 24.8 Å². The average Bonchev–Trinajstić information content (AvgIpc) is 3.23. The van der Waals surface area contributed by atoms with Gasteiger partial charge in [0.1, 0.15) is 0 Å². The number of hydrogen-bond acceptors (Lipinski definition) is 2. The molecule has 1 fully saturated rings. The Labute approximate surface area is 124 Å². The molecule has 0 aliphatic heterocycles. The van der Waals surface area contributed by atoms with Gasteiger partial charge in [-0.2, -0.15) is 0 Å². The van der Waals surface area contributed by atoms with Gasteiger partial charge in [-0.1, -0.05) is 30.7 Å². The summed E-state index contributed by atoms with van der Waals surface area (Å²) in [5.41, 5.74) is 0.924. The van der Waals surface area contributed by atoms with Crippen LogP contribution in [0.5, 0.6) is 0 Å². The van der Waals surface area contributed by atoms with Crippen LogP contribution in [0.1, 0.15) is 37.8 Å². The number of nitrogens with one attached hydrogen (secondary N) is 2. The third-order valence-electron chi connectivity index (χ3n) is 3.88. The number of urea groups is 1. The van der Waals surface area contributed by atoms with E-state index in [9.17, 15) is 9.90 Å². The average molecular weight is 297 g/mol. The summed E-state index contributed by atoms with van der Waals surface area (Å²) in [6, 6.07) is 7.26. The first-order valence-electron chi connectivity index (χ1n) is 6.99. The van der Waals surface area contributed by atoms with Crippen molar-refractivity contribution in [2.75, 3.05) is 13.2 Å². The monoisotopic (exact) mass is 296 g/mol. The van der Waals surface area contributed by atoms with Gasteiger partial charge in [0.2, 0.25) is 0 Å². The van der Waals surface area contributed by atoms with E-state index in [1.54, 1.807) is 0 Å². The van der Waals surface area contributed by atoms with E-state index in [4.69, 9.17) is 11.6 Å². The Balaban J connectivity index is 1.88. The maximum absolute atomic E-state index is 11.9. The van der Waals surface area contributed by atoms with Gasteiger partial charge in [0.25, 0.3) is 0 Å². The lowest BCUT2D eigenvalue weighted by Gasteiger charge is -2.19. The highest BCUT2D eigenvalue weighted by atomic mass is 35.5. The highest BCUT2D eigenvalue weighted by molar-refractivity contribution is 6.30. The van der Waals surface area contributed by atoms with Crippen molar-refractivity contribution < 1.29 is 9.90 Å². The zero-order valence-corrected chi connectivity index (χ0v) is 12.4. The molecule has 1 unspecified atom stereocenters. The minimum absolute atomic E-state index is 0.0574. The van der Waals surface area contributed by atoms with Crippen LogP contribution in [0.25, 0.3) is 0 Å². The van der Waals surface area contributed by atoms with Crippen LogP contribution in [0.15, 0.2) is 24.3 Å². The maximum Gasteiger partial charge on any atom is 0.315 e. The summed E-state index contributed by atoms with van der Waals surface area (Å²) >= 11 is 5.97. The lowest BCUT2D eigenvalue weighted by Crippen LogP contribution is -2.41. The van der Waals surface area contributed by atoms with Gasteiger partial charge in [0.05, 0.1) is 12.6 Å². The molecule has 2 rings (SSSR count). The SMILES string of the molecule is CCC(NC(=O)NCC1(CO)CC1)c1cccc(Cl)c1. The Morgan fingerprint density at radius 2 is 2.25 bits per heavy atom. The fourth-order valence-electron chi connectivity index (χ4n) is 2.19. The van der Waals surface area contributed by atoms with Gasteiger partial charge in [-0.25, -0.2) is 4.79 Å². The molecule has 0 bridgehead atoms. The van der Waals surface area contributed by atoms with E-state index >= 15 is 0 Å². The second-order valence-corrected chi connectivity index (χ2v) is 5.94. The summed E-state index contributed by atoms with van der Waals surface area (Å²) in [6.45, 7) is 2.68. The second kappa shape index (κ2) is 6.46. The molecule has 3 N–H and O–H groups in total. The third-order valence-corrected chi connectivity index (χ3v) is 4.12. The van der Waals surface area contributed by atoms with Crippen molar-refractivity contribution in [3.05, 3.63) is 34.9 Å². The van der Waals surface area contributed by atoms with Gasteiger partial charge >= 0.3 is 6.03 Å². The molecule has 0 aromatic heterocycles. The molecule has 0 spiro atoms. The van der Waals surface area contributed by atoms with Crippen LogP contribution >= 0.6 is 11.6 Å². The molecule has 0 saturated heterocycles. The van der Waals surface area contributed by atoms with E-state index in [0.29, 0.717) is 11.6 Å². The summed E-state index contributed by atoms with van der Waals surface area (Å²) in [5, 5.41) is 15.7. The smallest absolute Gasteiger partial charge is 0.315 e. The zero-order chi connectivity index (χ0) is 14.6. The standard InChI is InChI=1S/C15H21ClN2O2/c1-2-13(11-4-3-5-12(16)8-11)18-14(20)17-9-15(10-19)6-7-15/h3-5,8,13,19H,2,6-7,9-10H2,1H3,(H2,17,18,20). The first-order valence-corrected chi connectivity index (χ1v) is 7.37. The van der Waals surface area contributed by atoms with Crippen LogP contribution < -0.4 is 10.6 Å². The molecular formula is C15H21ClN2O2. The molecule has 1 aliphatic carbocycles. The highest BCUT2D eigenvalue weighted by Gasteiger charge is 2.42. The van der Waals surface area contributed by atoms with Crippen molar-refractivity contribution in [3.63, 3.8) is 0 Å². The van der Waals surface area contributed by atoms with Crippen LogP contribution in [0.2, 0.25) is 5.02 Å². The normalized spacial score (nSPS) is 17.4. The minimum atomic E-state index is -0.198. The zero-order valence-electron chi connectivity index (χ0n) is 11.7.